The van der Waals surface area contributed by atoms with Crippen molar-refractivity contribution in [3.8, 4) is 0 Å². The number of nitrogens with zero attached hydrogens (tertiary/aromatic N) is 3. The molecule has 0 radical (unpaired) electrons. The second-order valence-corrected chi connectivity index (χ2v) is 7.30. The van der Waals surface area contributed by atoms with Gasteiger partial charge in [-0.25, -0.2) is 4.68 Å². The summed E-state index contributed by atoms with van der Waals surface area (Å²) in [7, 11) is 0. The van der Waals surface area contributed by atoms with Crippen molar-refractivity contribution < 1.29 is 4.79 Å². The molecular formula is C21H20ClN5O. The highest BCUT2D eigenvalue weighted by atomic mass is 35.5. The van der Waals surface area contributed by atoms with E-state index in [9.17, 15) is 4.79 Å². The third kappa shape index (κ3) is 3.16. The molecule has 1 aliphatic heterocycles. The maximum Gasteiger partial charge on any atom is 0.255 e. The van der Waals surface area contributed by atoms with Gasteiger partial charge in [0.25, 0.3) is 5.91 Å². The number of benzene rings is 2. The third-order valence-corrected chi connectivity index (χ3v) is 5.21. The molecule has 0 saturated carbocycles. The summed E-state index contributed by atoms with van der Waals surface area (Å²) < 4.78 is 1.69. The van der Waals surface area contributed by atoms with Gasteiger partial charge in [0.2, 0.25) is 5.95 Å². The Hall–Kier alpha value is -3.12. The van der Waals surface area contributed by atoms with Crippen LogP contribution in [0.25, 0.3) is 0 Å². The molecule has 0 fully saturated rings. The van der Waals surface area contributed by atoms with E-state index in [4.69, 9.17) is 11.6 Å². The molecule has 0 aliphatic carbocycles. The quantitative estimate of drug-likeness (QED) is 0.688. The molecule has 0 spiro atoms. The van der Waals surface area contributed by atoms with E-state index < -0.39 is 6.04 Å². The van der Waals surface area contributed by atoms with Crippen LogP contribution in [0.2, 0.25) is 5.02 Å². The molecule has 1 amide bonds. The number of amides is 1. The van der Waals surface area contributed by atoms with E-state index in [1.165, 1.54) is 6.33 Å². The van der Waals surface area contributed by atoms with Crippen LogP contribution >= 0.6 is 11.6 Å². The molecular weight excluding hydrogens is 374 g/mol. The van der Waals surface area contributed by atoms with Crippen molar-refractivity contribution in [2.45, 2.75) is 26.8 Å². The number of fused-ring (bicyclic) bond motifs is 1. The molecule has 1 aliphatic rings. The maximum atomic E-state index is 13.3. The zero-order valence-electron chi connectivity index (χ0n) is 15.8. The topological polar surface area (TPSA) is 71.8 Å². The van der Waals surface area contributed by atoms with E-state index >= 15 is 0 Å². The highest BCUT2D eigenvalue weighted by Gasteiger charge is 2.34. The molecule has 0 bridgehead atoms. The molecule has 142 valence electrons. The summed E-state index contributed by atoms with van der Waals surface area (Å²) in [5, 5.41) is 11.1. The summed E-state index contributed by atoms with van der Waals surface area (Å²) in [6.07, 6.45) is 1.46. The minimum atomic E-state index is -0.474. The van der Waals surface area contributed by atoms with Gasteiger partial charge in [-0.3, -0.25) is 4.79 Å². The first-order chi connectivity index (χ1) is 13.5. The summed E-state index contributed by atoms with van der Waals surface area (Å²) >= 11 is 6.48. The first kappa shape index (κ1) is 18.3. The lowest BCUT2D eigenvalue weighted by atomic mass is 9.95. The molecule has 1 atom stereocenters. The standard InChI is InChI=1S/C21H20ClN5O/c1-12-8-9-17(13(2)10-12)26-20(28)18-14(3)25-21-23-11-24-27(21)19(18)15-6-4-5-7-16(15)22/h4-11,19H,1-3H3,(H,26,28)(H,23,24,25)/t19-/m1/s1. The van der Waals surface area contributed by atoms with Gasteiger partial charge in [0.1, 0.15) is 12.4 Å². The number of halogens is 1. The predicted octanol–water partition coefficient (Wildman–Crippen LogP) is 4.48. The summed E-state index contributed by atoms with van der Waals surface area (Å²) in [5.74, 6) is 0.369. The number of carbonyl (C=O) groups is 1. The smallest absolute Gasteiger partial charge is 0.255 e. The maximum absolute atomic E-state index is 13.3. The first-order valence-electron chi connectivity index (χ1n) is 8.96. The summed E-state index contributed by atoms with van der Waals surface area (Å²) in [6, 6.07) is 12.9. The summed E-state index contributed by atoms with van der Waals surface area (Å²) in [6.45, 7) is 5.86. The number of allylic oxidation sites excluding steroid dienone is 1. The number of rotatable bonds is 3. The van der Waals surface area contributed by atoms with Gasteiger partial charge in [0, 0.05) is 22.0 Å². The van der Waals surface area contributed by atoms with Crippen molar-refractivity contribution in [1.82, 2.24) is 14.8 Å². The van der Waals surface area contributed by atoms with Crippen LogP contribution in [0.4, 0.5) is 11.6 Å². The fourth-order valence-corrected chi connectivity index (χ4v) is 3.75. The molecule has 2 N–H and O–H groups in total. The van der Waals surface area contributed by atoms with E-state index in [-0.39, 0.29) is 5.91 Å². The van der Waals surface area contributed by atoms with Gasteiger partial charge in [-0.2, -0.15) is 10.1 Å². The van der Waals surface area contributed by atoms with E-state index in [0.29, 0.717) is 22.2 Å². The Morgan fingerprint density at radius 3 is 2.71 bits per heavy atom. The van der Waals surface area contributed by atoms with Crippen molar-refractivity contribution in [2.24, 2.45) is 0 Å². The molecule has 28 heavy (non-hydrogen) atoms. The van der Waals surface area contributed by atoms with Gasteiger partial charge in [-0.15, -0.1) is 0 Å². The number of hydrogen-bond acceptors (Lipinski definition) is 4. The van der Waals surface area contributed by atoms with E-state index in [2.05, 4.69) is 20.7 Å². The van der Waals surface area contributed by atoms with E-state index in [1.807, 2.05) is 63.2 Å². The monoisotopic (exact) mass is 393 g/mol. The Balaban J connectivity index is 1.79. The second-order valence-electron chi connectivity index (χ2n) is 6.89. The molecule has 7 heteroatoms. The van der Waals surface area contributed by atoms with Crippen molar-refractivity contribution in [3.05, 3.63) is 81.8 Å². The first-order valence-corrected chi connectivity index (χ1v) is 9.34. The zero-order chi connectivity index (χ0) is 19.8. The lowest BCUT2D eigenvalue weighted by molar-refractivity contribution is -0.113. The van der Waals surface area contributed by atoms with Crippen LogP contribution in [0, 0.1) is 13.8 Å². The van der Waals surface area contributed by atoms with E-state index in [0.717, 1.165) is 22.4 Å². The van der Waals surface area contributed by atoms with Crippen LogP contribution in [0.5, 0.6) is 0 Å². The number of carbonyl (C=O) groups excluding carboxylic acids is 1. The van der Waals surface area contributed by atoms with Gasteiger partial charge in [0.15, 0.2) is 0 Å². The Kier molecular flexibility index (Phi) is 4.65. The highest BCUT2D eigenvalue weighted by molar-refractivity contribution is 6.31. The predicted molar refractivity (Wildman–Crippen MR) is 110 cm³/mol. The molecule has 0 saturated heterocycles. The van der Waals surface area contributed by atoms with Gasteiger partial charge < -0.3 is 10.6 Å². The lowest BCUT2D eigenvalue weighted by Gasteiger charge is -2.29. The van der Waals surface area contributed by atoms with Crippen molar-refractivity contribution in [2.75, 3.05) is 10.6 Å². The van der Waals surface area contributed by atoms with Crippen LogP contribution in [0.15, 0.2) is 60.1 Å². The zero-order valence-corrected chi connectivity index (χ0v) is 16.6. The number of hydrogen-bond donors (Lipinski definition) is 2. The summed E-state index contributed by atoms with van der Waals surface area (Å²) in [4.78, 5) is 17.6. The second kappa shape index (κ2) is 7.13. The lowest BCUT2D eigenvalue weighted by Crippen LogP contribution is -2.31. The Morgan fingerprint density at radius 2 is 1.96 bits per heavy atom. The van der Waals surface area contributed by atoms with Crippen LogP contribution in [0.1, 0.15) is 29.7 Å². The normalized spacial score (nSPS) is 15.8. The minimum Gasteiger partial charge on any atom is -0.328 e. The third-order valence-electron chi connectivity index (χ3n) is 4.87. The molecule has 1 aromatic heterocycles. The van der Waals surface area contributed by atoms with Gasteiger partial charge >= 0.3 is 0 Å². The van der Waals surface area contributed by atoms with Gasteiger partial charge in [-0.05, 0) is 38.5 Å². The molecule has 2 aromatic carbocycles. The molecule has 6 nitrogen and oxygen atoms in total. The van der Waals surface area contributed by atoms with Crippen LogP contribution < -0.4 is 10.6 Å². The Labute approximate surface area is 168 Å². The Bertz CT molecular complexity index is 1100. The minimum absolute atomic E-state index is 0.206. The Morgan fingerprint density at radius 1 is 1.18 bits per heavy atom. The average molecular weight is 394 g/mol. The van der Waals surface area contributed by atoms with E-state index in [1.54, 1.807) is 4.68 Å². The number of aryl methyl sites for hydroxylation is 2. The SMILES string of the molecule is CC1=C(C(=O)Nc2ccc(C)cc2C)[C@@H](c2ccccc2Cl)n2ncnc2N1. The molecule has 4 rings (SSSR count). The van der Waals surface area contributed by atoms with Crippen LogP contribution in [-0.4, -0.2) is 20.7 Å². The fraction of sp³-hybridized carbons (Fsp3) is 0.190. The fourth-order valence-electron chi connectivity index (χ4n) is 3.51. The van der Waals surface area contributed by atoms with Crippen molar-refractivity contribution in [3.63, 3.8) is 0 Å². The number of nitrogens with one attached hydrogen (secondary N) is 2. The van der Waals surface area contributed by atoms with Gasteiger partial charge in [0.05, 0.1) is 5.57 Å². The van der Waals surface area contributed by atoms with Gasteiger partial charge in [-0.1, -0.05) is 47.5 Å². The number of anilines is 2. The average Bonchev–Trinajstić information content (AvgIpc) is 3.11. The van der Waals surface area contributed by atoms with Crippen LogP contribution in [-0.2, 0) is 4.79 Å². The molecule has 3 aromatic rings. The van der Waals surface area contributed by atoms with Crippen molar-refractivity contribution in [1.29, 1.82) is 0 Å². The largest absolute Gasteiger partial charge is 0.328 e. The number of aromatic nitrogens is 3. The van der Waals surface area contributed by atoms with Crippen LogP contribution in [0.3, 0.4) is 0 Å². The molecule has 0 unspecified atom stereocenters. The highest BCUT2D eigenvalue weighted by Crippen LogP contribution is 2.38. The summed E-state index contributed by atoms with van der Waals surface area (Å²) in [5.41, 5.74) is 4.98. The van der Waals surface area contributed by atoms with Crippen molar-refractivity contribution >= 4 is 29.1 Å². The molecule has 2 heterocycles.